The number of nitro groups is 1. The summed E-state index contributed by atoms with van der Waals surface area (Å²) in [7, 11) is 1.30. The molecule has 1 aromatic carbocycles. The Morgan fingerprint density at radius 2 is 2.35 bits per heavy atom. The maximum absolute atomic E-state index is 13.5. The number of halogens is 1. The molecule has 0 bridgehead atoms. The number of benzene rings is 1. The van der Waals surface area contributed by atoms with Crippen molar-refractivity contribution in [3.05, 3.63) is 40.7 Å². The van der Waals surface area contributed by atoms with Gasteiger partial charge in [-0.25, -0.2) is 4.39 Å². The van der Waals surface area contributed by atoms with E-state index < -0.39 is 10.7 Å². The fourth-order valence-corrected chi connectivity index (χ4v) is 1.29. The molecule has 0 aliphatic carbocycles. The topological polar surface area (TPSA) is 64.4 Å². The zero-order valence-corrected chi connectivity index (χ0v) is 9.40. The summed E-state index contributed by atoms with van der Waals surface area (Å²) in [6.45, 7) is 4.04. The van der Waals surface area contributed by atoms with Crippen LogP contribution in [0.2, 0.25) is 0 Å². The van der Waals surface area contributed by atoms with Gasteiger partial charge in [-0.2, -0.15) is 0 Å². The van der Waals surface area contributed by atoms with Crippen molar-refractivity contribution >= 4 is 11.4 Å². The number of ether oxygens (including phenoxy) is 1. The number of hydrogen-bond acceptors (Lipinski definition) is 4. The molecule has 92 valence electrons. The van der Waals surface area contributed by atoms with Crippen molar-refractivity contribution in [3.63, 3.8) is 0 Å². The van der Waals surface area contributed by atoms with E-state index in [4.69, 9.17) is 4.74 Å². The van der Waals surface area contributed by atoms with Crippen LogP contribution in [-0.4, -0.2) is 18.6 Å². The lowest BCUT2D eigenvalue weighted by Gasteiger charge is -2.08. The molecule has 0 saturated heterocycles. The Bertz CT molecular complexity index is 435. The van der Waals surface area contributed by atoms with E-state index in [1.54, 1.807) is 6.08 Å². The van der Waals surface area contributed by atoms with Crippen LogP contribution in [0.5, 0.6) is 5.75 Å². The van der Waals surface area contributed by atoms with E-state index >= 15 is 0 Å². The molecule has 6 heteroatoms. The SMILES string of the molecule is C=CCCNc1cc(OC)c([N+](=O)[O-])cc1F. The molecule has 0 radical (unpaired) electrons. The number of nitrogens with zero attached hydrogens (tertiary/aromatic N) is 1. The van der Waals surface area contributed by atoms with Gasteiger partial charge < -0.3 is 10.1 Å². The molecule has 0 fully saturated rings. The Kier molecular flexibility index (Phi) is 4.45. The fourth-order valence-electron chi connectivity index (χ4n) is 1.29. The monoisotopic (exact) mass is 240 g/mol. The van der Waals surface area contributed by atoms with Gasteiger partial charge in [0.25, 0.3) is 0 Å². The van der Waals surface area contributed by atoms with Crippen LogP contribution in [0.3, 0.4) is 0 Å². The predicted octanol–water partition coefficient (Wildman–Crippen LogP) is 2.73. The fraction of sp³-hybridized carbons (Fsp3) is 0.273. The summed E-state index contributed by atoms with van der Waals surface area (Å²) >= 11 is 0. The first-order valence-corrected chi connectivity index (χ1v) is 4.96. The largest absolute Gasteiger partial charge is 0.490 e. The highest BCUT2D eigenvalue weighted by Crippen LogP contribution is 2.32. The molecule has 0 aromatic heterocycles. The molecular weight excluding hydrogens is 227 g/mol. The first-order chi connectivity index (χ1) is 8.10. The maximum Gasteiger partial charge on any atom is 0.313 e. The van der Waals surface area contributed by atoms with E-state index in [1.807, 2.05) is 0 Å². The minimum Gasteiger partial charge on any atom is -0.490 e. The Balaban J connectivity index is 3.00. The van der Waals surface area contributed by atoms with Crippen LogP contribution in [0.4, 0.5) is 15.8 Å². The number of nitrogens with one attached hydrogen (secondary N) is 1. The molecule has 1 aromatic rings. The quantitative estimate of drug-likeness (QED) is 0.359. The number of methoxy groups -OCH3 is 1. The Morgan fingerprint density at radius 3 is 2.88 bits per heavy atom. The number of anilines is 1. The van der Waals surface area contributed by atoms with Crippen LogP contribution < -0.4 is 10.1 Å². The van der Waals surface area contributed by atoms with E-state index in [0.29, 0.717) is 13.0 Å². The lowest BCUT2D eigenvalue weighted by molar-refractivity contribution is -0.385. The van der Waals surface area contributed by atoms with Gasteiger partial charge in [0.15, 0.2) is 11.6 Å². The van der Waals surface area contributed by atoms with Crippen LogP contribution in [0.1, 0.15) is 6.42 Å². The number of rotatable bonds is 6. The van der Waals surface area contributed by atoms with Crippen molar-refractivity contribution in [1.29, 1.82) is 0 Å². The second-order valence-electron chi connectivity index (χ2n) is 3.27. The molecule has 0 spiro atoms. The lowest BCUT2D eigenvalue weighted by atomic mass is 10.2. The van der Waals surface area contributed by atoms with Crippen molar-refractivity contribution in [2.45, 2.75) is 6.42 Å². The standard InChI is InChI=1S/C11H13FN2O3/c1-3-4-5-13-9-7-11(17-2)10(14(15)16)6-8(9)12/h3,6-7,13H,1,4-5H2,2H3. The molecule has 5 nitrogen and oxygen atoms in total. The van der Waals surface area contributed by atoms with Gasteiger partial charge in [0.05, 0.1) is 23.8 Å². The average Bonchev–Trinajstić information content (AvgIpc) is 2.30. The van der Waals surface area contributed by atoms with Gasteiger partial charge in [0, 0.05) is 12.6 Å². The van der Waals surface area contributed by atoms with Crippen molar-refractivity contribution in [1.82, 2.24) is 0 Å². The Hall–Kier alpha value is -2.11. The van der Waals surface area contributed by atoms with Crippen LogP contribution in [0, 0.1) is 15.9 Å². The highest BCUT2D eigenvalue weighted by molar-refractivity contribution is 5.59. The average molecular weight is 240 g/mol. The molecule has 0 saturated carbocycles. The van der Waals surface area contributed by atoms with E-state index in [-0.39, 0.29) is 17.1 Å². The maximum atomic E-state index is 13.5. The molecule has 0 aliphatic heterocycles. The number of nitro benzene ring substituents is 1. The molecule has 0 heterocycles. The predicted molar refractivity (Wildman–Crippen MR) is 62.9 cm³/mol. The highest BCUT2D eigenvalue weighted by Gasteiger charge is 2.18. The van der Waals surface area contributed by atoms with E-state index in [0.717, 1.165) is 6.07 Å². The third-order valence-corrected chi connectivity index (χ3v) is 2.13. The van der Waals surface area contributed by atoms with Gasteiger partial charge >= 0.3 is 5.69 Å². The van der Waals surface area contributed by atoms with Gasteiger partial charge in [0.1, 0.15) is 0 Å². The summed E-state index contributed by atoms with van der Waals surface area (Å²) in [5.74, 6) is -0.654. The van der Waals surface area contributed by atoms with Gasteiger partial charge in [-0.3, -0.25) is 10.1 Å². The molecule has 0 unspecified atom stereocenters. The second-order valence-corrected chi connectivity index (χ2v) is 3.27. The molecule has 17 heavy (non-hydrogen) atoms. The van der Waals surface area contributed by atoms with Gasteiger partial charge in [-0.05, 0) is 6.42 Å². The Morgan fingerprint density at radius 1 is 1.65 bits per heavy atom. The van der Waals surface area contributed by atoms with E-state index in [9.17, 15) is 14.5 Å². The van der Waals surface area contributed by atoms with Crippen molar-refractivity contribution in [3.8, 4) is 5.75 Å². The smallest absolute Gasteiger partial charge is 0.313 e. The minimum atomic E-state index is -0.685. The van der Waals surface area contributed by atoms with Crippen molar-refractivity contribution in [2.75, 3.05) is 19.0 Å². The van der Waals surface area contributed by atoms with Gasteiger partial charge in [-0.15, -0.1) is 6.58 Å². The molecule has 0 amide bonds. The molecule has 1 N–H and O–H groups in total. The second kappa shape index (κ2) is 5.83. The third-order valence-electron chi connectivity index (χ3n) is 2.13. The summed E-state index contributed by atoms with van der Waals surface area (Å²) < 4.78 is 18.3. The normalized spacial score (nSPS) is 9.76. The van der Waals surface area contributed by atoms with Crippen LogP contribution in [0.15, 0.2) is 24.8 Å². The third kappa shape index (κ3) is 3.17. The van der Waals surface area contributed by atoms with Crippen LogP contribution >= 0.6 is 0 Å². The first kappa shape index (κ1) is 13.0. The van der Waals surface area contributed by atoms with E-state index in [1.165, 1.54) is 13.2 Å². The summed E-state index contributed by atoms with van der Waals surface area (Å²) in [6, 6.07) is 2.12. The van der Waals surface area contributed by atoms with Crippen LogP contribution in [-0.2, 0) is 0 Å². The van der Waals surface area contributed by atoms with Crippen LogP contribution in [0.25, 0.3) is 0 Å². The summed E-state index contributed by atoms with van der Waals surface area (Å²) in [5, 5.41) is 13.4. The summed E-state index contributed by atoms with van der Waals surface area (Å²) in [4.78, 5) is 9.94. The van der Waals surface area contributed by atoms with Crippen molar-refractivity contribution in [2.24, 2.45) is 0 Å². The summed E-state index contributed by atoms with van der Waals surface area (Å²) in [5.41, 5.74) is -0.214. The molecule has 0 aliphatic rings. The van der Waals surface area contributed by atoms with Gasteiger partial charge in [0.2, 0.25) is 0 Å². The molecular formula is C11H13FN2O3. The van der Waals surface area contributed by atoms with Crippen molar-refractivity contribution < 1.29 is 14.1 Å². The highest BCUT2D eigenvalue weighted by atomic mass is 19.1. The first-order valence-electron chi connectivity index (χ1n) is 4.96. The lowest BCUT2D eigenvalue weighted by Crippen LogP contribution is -2.04. The molecule has 0 atom stereocenters. The molecule has 1 rings (SSSR count). The minimum absolute atomic E-state index is 0.0255. The zero-order valence-electron chi connectivity index (χ0n) is 9.40. The zero-order chi connectivity index (χ0) is 12.8. The van der Waals surface area contributed by atoms with Gasteiger partial charge in [-0.1, -0.05) is 6.08 Å². The number of hydrogen-bond donors (Lipinski definition) is 1. The Labute approximate surface area is 98.0 Å². The summed E-state index contributed by atoms with van der Waals surface area (Å²) in [6.07, 6.45) is 2.35. The van der Waals surface area contributed by atoms with E-state index in [2.05, 4.69) is 11.9 Å².